The van der Waals surface area contributed by atoms with Gasteiger partial charge in [-0.1, -0.05) is 0 Å². The summed E-state index contributed by atoms with van der Waals surface area (Å²) in [6, 6.07) is 0.601. The van der Waals surface area contributed by atoms with E-state index >= 15 is 0 Å². The lowest BCUT2D eigenvalue weighted by atomic mass is 10.0. The summed E-state index contributed by atoms with van der Waals surface area (Å²) < 4.78 is 5.08. The number of thiazole rings is 1. The number of hydrogen-bond acceptors (Lipinski definition) is 6. The van der Waals surface area contributed by atoms with Gasteiger partial charge in [-0.3, -0.25) is 4.90 Å². The maximum Gasteiger partial charge on any atom is 0.409 e. The Labute approximate surface area is 135 Å². The summed E-state index contributed by atoms with van der Waals surface area (Å²) in [5.41, 5.74) is 0. The number of hydrogen-bond donors (Lipinski definition) is 0. The second-order valence-corrected chi connectivity index (χ2v) is 6.63. The molecule has 3 heterocycles. The van der Waals surface area contributed by atoms with Crippen LogP contribution < -0.4 is 4.90 Å². The minimum atomic E-state index is -0.158. The number of anilines is 1. The van der Waals surface area contributed by atoms with Crippen LogP contribution in [0.2, 0.25) is 0 Å². The first-order chi connectivity index (χ1) is 10.8. The molecular weight excluding hydrogens is 300 g/mol. The lowest BCUT2D eigenvalue weighted by Crippen LogP contribution is -2.53. The topological polar surface area (TPSA) is 48.9 Å². The van der Waals surface area contributed by atoms with Crippen LogP contribution >= 0.6 is 11.3 Å². The minimum absolute atomic E-state index is 0.158. The van der Waals surface area contributed by atoms with Gasteiger partial charge in [-0.05, 0) is 19.8 Å². The highest BCUT2D eigenvalue weighted by Gasteiger charge is 2.29. The number of piperidine rings is 1. The van der Waals surface area contributed by atoms with E-state index in [1.54, 1.807) is 11.3 Å². The zero-order chi connectivity index (χ0) is 15.4. The molecule has 1 aromatic heterocycles. The molecule has 2 saturated heterocycles. The second-order valence-electron chi connectivity index (χ2n) is 5.75. The number of amides is 1. The fraction of sp³-hybridized carbons (Fsp3) is 0.733. The summed E-state index contributed by atoms with van der Waals surface area (Å²) in [5.74, 6) is 0. The fourth-order valence-electron chi connectivity index (χ4n) is 3.28. The van der Waals surface area contributed by atoms with Gasteiger partial charge in [-0.15, -0.1) is 11.3 Å². The number of carbonyl (C=O) groups excluding carboxylic acids is 1. The molecule has 0 aliphatic carbocycles. The average molecular weight is 324 g/mol. The summed E-state index contributed by atoms with van der Waals surface area (Å²) in [6.07, 6.45) is 3.82. The van der Waals surface area contributed by atoms with Crippen LogP contribution in [0.15, 0.2) is 11.6 Å². The van der Waals surface area contributed by atoms with E-state index in [0.717, 1.165) is 57.2 Å². The van der Waals surface area contributed by atoms with Gasteiger partial charge in [-0.2, -0.15) is 0 Å². The number of carbonyl (C=O) groups is 1. The normalized spacial score (nSPS) is 21.1. The van der Waals surface area contributed by atoms with E-state index in [9.17, 15) is 4.79 Å². The SMILES string of the molecule is CCOC(=O)N1CCC(N2CCN(c3nccs3)CC2)CC1. The van der Waals surface area contributed by atoms with Crippen molar-refractivity contribution in [3.63, 3.8) is 0 Å². The van der Waals surface area contributed by atoms with Crippen LogP contribution in [0.25, 0.3) is 0 Å². The third-order valence-corrected chi connectivity index (χ3v) is 5.34. The molecule has 122 valence electrons. The van der Waals surface area contributed by atoms with E-state index in [-0.39, 0.29) is 6.09 Å². The molecule has 1 aromatic rings. The Bertz CT molecular complexity index is 466. The fourth-order valence-corrected chi connectivity index (χ4v) is 3.98. The van der Waals surface area contributed by atoms with E-state index in [2.05, 4.69) is 14.8 Å². The van der Waals surface area contributed by atoms with E-state index < -0.39 is 0 Å². The molecule has 0 bridgehead atoms. The third-order valence-electron chi connectivity index (χ3n) is 4.51. The van der Waals surface area contributed by atoms with Gasteiger partial charge >= 0.3 is 6.09 Å². The van der Waals surface area contributed by atoms with Gasteiger partial charge in [0.1, 0.15) is 0 Å². The van der Waals surface area contributed by atoms with Crippen molar-refractivity contribution in [1.82, 2.24) is 14.8 Å². The highest BCUT2D eigenvalue weighted by atomic mass is 32.1. The van der Waals surface area contributed by atoms with Crippen LogP contribution in [0.5, 0.6) is 0 Å². The lowest BCUT2D eigenvalue weighted by Gasteiger charge is -2.42. The highest BCUT2D eigenvalue weighted by Crippen LogP contribution is 2.22. The number of likely N-dealkylation sites (tertiary alicyclic amines) is 1. The highest BCUT2D eigenvalue weighted by molar-refractivity contribution is 7.13. The van der Waals surface area contributed by atoms with Gasteiger partial charge in [0.25, 0.3) is 0 Å². The van der Waals surface area contributed by atoms with Crippen molar-refractivity contribution in [2.75, 3.05) is 50.8 Å². The van der Waals surface area contributed by atoms with E-state index in [0.29, 0.717) is 12.6 Å². The van der Waals surface area contributed by atoms with E-state index in [1.807, 2.05) is 23.4 Å². The molecule has 2 aliphatic heterocycles. The number of piperazine rings is 1. The van der Waals surface area contributed by atoms with E-state index in [4.69, 9.17) is 4.74 Å². The molecule has 0 aromatic carbocycles. The zero-order valence-electron chi connectivity index (χ0n) is 13.1. The number of rotatable bonds is 3. The second kappa shape index (κ2) is 7.28. The van der Waals surface area contributed by atoms with Crippen molar-refractivity contribution in [3.05, 3.63) is 11.6 Å². The molecule has 0 saturated carbocycles. The first-order valence-corrected chi connectivity index (χ1v) is 8.96. The van der Waals surface area contributed by atoms with Gasteiger partial charge in [0.2, 0.25) is 0 Å². The summed E-state index contributed by atoms with van der Waals surface area (Å²) >= 11 is 1.71. The molecular formula is C15H24N4O2S. The van der Waals surface area contributed by atoms with Crippen LogP contribution in [0, 0.1) is 0 Å². The van der Waals surface area contributed by atoms with Crippen molar-refractivity contribution < 1.29 is 9.53 Å². The first kappa shape index (κ1) is 15.6. The Kier molecular flexibility index (Phi) is 5.15. The van der Waals surface area contributed by atoms with Crippen LogP contribution in [0.3, 0.4) is 0 Å². The van der Waals surface area contributed by atoms with Crippen molar-refractivity contribution in [2.24, 2.45) is 0 Å². The van der Waals surface area contributed by atoms with Crippen LogP contribution in [-0.2, 0) is 4.74 Å². The first-order valence-electron chi connectivity index (χ1n) is 8.08. The molecule has 0 atom stereocenters. The smallest absolute Gasteiger partial charge is 0.409 e. The van der Waals surface area contributed by atoms with Crippen LogP contribution in [0.1, 0.15) is 19.8 Å². The molecule has 22 heavy (non-hydrogen) atoms. The van der Waals surface area contributed by atoms with Crippen molar-refractivity contribution >= 4 is 22.6 Å². The molecule has 0 unspecified atom stereocenters. The Morgan fingerprint density at radius 3 is 2.59 bits per heavy atom. The number of nitrogens with zero attached hydrogens (tertiary/aromatic N) is 4. The van der Waals surface area contributed by atoms with Gasteiger partial charge in [0.15, 0.2) is 5.13 Å². The maximum atomic E-state index is 11.7. The quantitative estimate of drug-likeness (QED) is 0.850. The summed E-state index contributed by atoms with van der Waals surface area (Å²) in [6.45, 7) is 8.21. The molecule has 1 amide bonds. The number of aromatic nitrogens is 1. The van der Waals surface area contributed by atoms with Gasteiger partial charge in [0, 0.05) is 56.9 Å². The molecule has 2 aliphatic rings. The summed E-state index contributed by atoms with van der Waals surface area (Å²) in [5, 5.41) is 3.17. The lowest BCUT2D eigenvalue weighted by molar-refractivity contribution is 0.0729. The summed E-state index contributed by atoms with van der Waals surface area (Å²) in [4.78, 5) is 22.9. The minimum Gasteiger partial charge on any atom is -0.450 e. The average Bonchev–Trinajstić information content (AvgIpc) is 3.10. The van der Waals surface area contributed by atoms with Gasteiger partial charge in [0.05, 0.1) is 6.61 Å². The largest absolute Gasteiger partial charge is 0.450 e. The van der Waals surface area contributed by atoms with E-state index in [1.165, 1.54) is 0 Å². The maximum absolute atomic E-state index is 11.7. The molecule has 2 fully saturated rings. The Morgan fingerprint density at radius 1 is 1.27 bits per heavy atom. The Hall–Kier alpha value is -1.34. The summed E-state index contributed by atoms with van der Waals surface area (Å²) in [7, 11) is 0. The third kappa shape index (κ3) is 3.52. The molecule has 3 rings (SSSR count). The predicted octanol–water partition coefficient (Wildman–Crippen LogP) is 1.89. The molecule has 6 nitrogen and oxygen atoms in total. The van der Waals surface area contributed by atoms with Gasteiger partial charge in [-0.25, -0.2) is 9.78 Å². The zero-order valence-corrected chi connectivity index (χ0v) is 13.9. The van der Waals surface area contributed by atoms with Crippen LogP contribution in [0.4, 0.5) is 9.93 Å². The molecule has 0 spiro atoms. The standard InChI is InChI=1S/C15H24N4O2S/c1-2-21-15(20)19-6-3-13(4-7-19)17-8-10-18(11-9-17)14-16-5-12-22-14/h5,12-13H,2-4,6-11H2,1H3. The molecule has 7 heteroatoms. The Morgan fingerprint density at radius 2 is 2.00 bits per heavy atom. The Balaban J connectivity index is 1.44. The van der Waals surface area contributed by atoms with Crippen LogP contribution in [-0.4, -0.2) is 72.8 Å². The van der Waals surface area contributed by atoms with Crippen molar-refractivity contribution in [3.8, 4) is 0 Å². The number of ether oxygens (including phenoxy) is 1. The molecule has 0 radical (unpaired) electrons. The molecule has 0 N–H and O–H groups in total. The van der Waals surface area contributed by atoms with Gasteiger partial charge < -0.3 is 14.5 Å². The predicted molar refractivity (Wildman–Crippen MR) is 87.5 cm³/mol. The van der Waals surface area contributed by atoms with Crippen molar-refractivity contribution in [2.45, 2.75) is 25.8 Å². The van der Waals surface area contributed by atoms with Crippen molar-refractivity contribution in [1.29, 1.82) is 0 Å². The monoisotopic (exact) mass is 324 g/mol.